The van der Waals surface area contributed by atoms with Crippen LogP contribution in [0.25, 0.3) is 10.9 Å². The molecule has 1 atom stereocenters. The van der Waals surface area contributed by atoms with Gasteiger partial charge in [0.1, 0.15) is 28.5 Å². The molecular weight excluding hydrogens is 657 g/mol. The van der Waals surface area contributed by atoms with Crippen molar-refractivity contribution in [1.29, 1.82) is 0 Å². The Morgan fingerprint density at radius 1 is 1.04 bits per heavy atom. The summed E-state index contributed by atoms with van der Waals surface area (Å²) in [6, 6.07) is 3.58. The summed E-state index contributed by atoms with van der Waals surface area (Å²) in [7, 11) is -3.77. The van der Waals surface area contributed by atoms with Gasteiger partial charge in [0.2, 0.25) is 0 Å². The van der Waals surface area contributed by atoms with Gasteiger partial charge in [-0.15, -0.1) is 0 Å². The van der Waals surface area contributed by atoms with E-state index in [1.54, 1.807) is 45.3 Å². The van der Waals surface area contributed by atoms with Crippen LogP contribution in [0, 0.1) is 0 Å². The van der Waals surface area contributed by atoms with Crippen LogP contribution in [0.15, 0.2) is 52.0 Å². The fourth-order valence-corrected chi connectivity index (χ4v) is 7.60. The van der Waals surface area contributed by atoms with Gasteiger partial charge in [0.25, 0.3) is 5.91 Å². The molecule has 50 heavy (non-hydrogen) atoms. The fraction of sp³-hybridized carbons (Fsp3) is 0.543. The highest BCUT2D eigenvalue weighted by molar-refractivity contribution is 7.92. The Labute approximate surface area is 294 Å². The molecule has 15 heteroatoms. The number of nitrogens with zero attached hydrogens (tertiary/aromatic N) is 8. The van der Waals surface area contributed by atoms with Gasteiger partial charge in [-0.25, -0.2) is 33.3 Å². The third-order valence-electron chi connectivity index (χ3n) is 9.62. The van der Waals surface area contributed by atoms with Crippen molar-refractivity contribution >= 4 is 44.0 Å². The van der Waals surface area contributed by atoms with Gasteiger partial charge >= 0.3 is 0 Å². The lowest BCUT2D eigenvalue weighted by atomic mass is 10.2. The van der Waals surface area contributed by atoms with Crippen molar-refractivity contribution in [2.24, 2.45) is 4.99 Å². The van der Waals surface area contributed by atoms with Crippen LogP contribution < -0.4 is 20.3 Å². The van der Waals surface area contributed by atoms with Crippen LogP contribution in [0.4, 0.5) is 11.6 Å². The maximum absolute atomic E-state index is 13.8. The Kier molecular flexibility index (Phi) is 10.4. The van der Waals surface area contributed by atoms with Crippen LogP contribution in [0.5, 0.6) is 5.75 Å². The molecular formula is C35H48N10O4S. The summed E-state index contributed by atoms with van der Waals surface area (Å²) in [5, 5.41) is 7.20. The molecule has 0 spiro atoms. The van der Waals surface area contributed by atoms with Crippen molar-refractivity contribution in [3.05, 3.63) is 47.8 Å². The highest BCUT2D eigenvalue weighted by atomic mass is 32.2. The number of fused-ring (bicyclic) bond motifs is 1. The van der Waals surface area contributed by atoms with E-state index in [9.17, 15) is 13.2 Å². The number of carbonyl (C=O) groups excluding carboxylic acids is 1. The van der Waals surface area contributed by atoms with Crippen molar-refractivity contribution < 1.29 is 17.9 Å². The second-order valence-corrected chi connectivity index (χ2v) is 16.9. The molecule has 1 aromatic carbocycles. The Morgan fingerprint density at radius 2 is 1.82 bits per heavy atom. The minimum atomic E-state index is -3.77. The van der Waals surface area contributed by atoms with Crippen LogP contribution in [0.2, 0.25) is 0 Å². The van der Waals surface area contributed by atoms with E-state index in [2.05, 4.69) is 47.3 Å². The summed E-state index contributed by atoms with van der Waals surface area (Å²) in [5.74, 6) is 1.40. The first kappa shape index (κ1) is 35.6. The standard InChI is InChI=1S/C35H48N10O4S/c1-23-21-45(10-8-36-23)34(46)29-19-39-32(20-38-29)44-13-11-43(12-14-44)9-7-15-49-30-17-27-26(16-31(30)50(47,48)35(4,5)6)33(41-22-40-27)42-28-18-37-25(3)24(28)2/h16-17,19-20,22-23,36-37H,7-15,18,21H2,1-6H3/t23-/m1/s1. The molecule has 0 saturated carbocycles. The van der Waals surface area contributed by atoms with Gasteiger partial charge in [0.15, 0.2) is 15.7 Å². The molecule has 2 saturated heterocycles. The zero-order valence-corrected chi connectivity index (χ0v) is 30.7. The van der Waals surface area contributed by atoms with Crippen molar-refractivity contribution in [2.75, 3.05) is 70.4 Å². The quantitative estimate of drug-likeness (QED) is 0.314. The lowest BCUT2D eigenvalue weighted by molar-refractivity contribution is 0.0702. The number of amides is 1. The summed E-state index contributed by atoms with van der Waals surface area (Å²) in [6.07, 6.45) is 5.45. The predicted molar refractivity (Wildman–Crippen MR) is 194 cm³/mol. The lowest BCUT2D eigenvalue weighted by Crippen LogP contribution is -2.51. The maximum atomic E-state index is 13.8. The van der Waals surface area contributed by atoms with Crippen molar-refractivity contribution in [3.8, 4) is 5.75 Å². The van der Waals surface area contributed by atoms with Gasteiger partial charge in [-0.1, -0.05) is 0 Å². The molecule has 2 aromatic heterocycles. The summed E-state index contributed by atoms with van der Waals surface area (Å²) in [4.78, 5) is 42.0. The normalized spacial score (nSPS) is 20.1. The third kappa shape index (κ3) is 7.59. The van der Waals surface area contributed by atoms with E-state index in [1.165, 1.54) is 6.33 Å². The topological polar surface area (TPSA) is 158 Å². The maximum Gasteiger partial charge on any atom is 0.274 e. The Hall–Kier alpha value is -4.21. The highest BCUT2D eigenvalue weighted by Crippen LogP contribution is 2.37. The predicted octanol–water partition coefficient (Wildman–Crippen LogP) is 2.99. The number of hydrogen-bond donors (Lipinski definition) is 2. The number of allylic oxidation sites excluding steroid dienone is 1. The third-order valence-corrected chi connectivity index (χ3v) is 12.1. The van der Waals surface area contributed by atoms with Gasteiger partial charge in [0.05, 0.1) is 41.5 Å². The van der Waals surface area contributed by atoms with E-state index in [1.807, 2.05) is 18.7 Å². The average molecular weight is 705 g/mol. The summed E-state index contributed by atoms with van der Waals surface area (Å²) in [6.45, 7) is 18.2. The molecule has 2 N–H and O–H groups in total. The number of aromatic nitrogens is 4. The fourth-order valence-electron chi connectivity index (χ4n) is 6.29. The van der Waals surface area contributed by atoms with Crippen LogP contribution in [-0.4, -0.2) is 126 Å². The molecule has 3 aromatic rings. The van der Waals surface area contributed by atoms with Crippen LogP contribution >= 0.6 is 0 Å². The van der Waals surface area contributed by atoms with E-state index in [0.29, 0.717) is 48.7 Å². The van der Waals surface area contributed by atoms with E-state index in [4.69, 9.17) is 9.73 Å². The summed E-state index contributed by atoms with van der Waals surface area (Å²) < 4.78 is 32.8. The molecule has 3 aliphatic rings. The Morgan fingerprint density at radius 3 is 2.48 bits per heavy atom. The molecule has 6 rings (SSSR count). The molecule has 0 radical (unpaired) electrons. The molecule has 0 unspecified atom stereocenters. The number of anilines is 1. The number of carbonyl (C=O) groups is 1. The van der Waals surface area contributed by atoms with Crippen LogP contribution in [-0.2, 0) is 9.84 Å². The Bertz CT molecular complexity index is 1900. The first-order valence-electron chi connectivity index (χ1n) is 17.3. The first-order valence-corrected chi connectivity index (χ1v) is 18.8. The van der Waals surface area contributed by atoms with E-state index in [-0.39, 0.29) is 22.6 Å². The number of sulfone groups is 1. The minimum Gasteiger partial charge on any atom is -0.492 e. The van der Waals surface area contributed by atoms with E-state index in [0.717, 1.165) is 68.5 Å². The number of nitrogens with one attached hydrogen (secondary N) is 2. The highest BCUT2D eigenvalue weighted by Gasteiger charge is 2.34. The number of ether oxygens (including phenoxy) is 1. The van der Waals surface area contributed by atoms with E-state index >= 15 is 0 Å². The molecule has 268 valence electrons. The number of rotatable bonds is 9. The smallest absolute Gasteiger partial charge is 0.274 e. The SMILES string of the molecule is CC1=C(C)C(=Nc2ncnc3cc(OCCCN4CCN(c5cnc(C(=O)N6CCN[C@H](C)C6)cn5)CC4)c(S(=O)(=O)C(C)(C)C)cc23)CN1. The van der Waals surface area contributed by atoms with Crippen molar-refractivity contribution in [3.63, 3.8) is 0 Å². The second kappa shape index (κ2) is 14.6. The number of aliphatic imine (C=N–C) groups is 1. The number of benzene rings is 1. The van der Waals surface area contributed by atoms with Crippen molar-refractivity contribution in [2.45, 2.75) is 63.6 Å². The van der Waals surface area contributed by atoms with Crippen molar-refractivity contribution in [1.82, 2.24) is 40.4 Å². The Balaban J connectivity index is 1.07. The first-order chi connectivity index (χ1) is 23.8. The lowest BCUT2D eigenvalue weighted by Gasteiger charge is -2.35. The number of piperazine rings is 2. The number of hydrogen-bond acceptors (Lipinski definition) is 13. The molecule has 0 bridgehead atoms. The van der Waals surface area contributed by atoms with Gasteiger partial charge < -0.3 is 25.2 Å². The molecule has 5 heterocycles. The molecule has 2 fully saturated rings. The molecule has 3 aliphatic heterocycles. The summed E-state index contributed by atoms with van der Waals surface area (Å²) >= 11 is 0. The van der Waals surface area contributed by atoms with Gasteiger partial charge in [-0.05, 0) is 59.6 Å². The summed E-state index contributed by atoms with van der Waals surface area (Å²) in [5.41, 5.74) is 3.92. The van der Waals surface area contributed by atoms with E-state index < -0.39 is 14.6 Å². The zero-order valence-electron chi connectivity index (χ0n) is 29.9. The van der Waals surface area contributed by atoms with Crippen LogP contribution in [0.3, 0.4) is 0 Å². The van der Waals surface area contributed by atoms with Gasteiger partial charge in [-0.3, -0.25) is 9.69 Å². The van der Waals surface area contributed by atoms with Gasteiger partial charge in [-0.2, -0.15) is 0 Å². The second-order valence-electron chi connectivity index (χ2n) is 14.2. The zero-order chi connectivity index (χ0) is 35.6. The minimum absolute atomic E-state index is 0.0798. The van der Waals surface area contributed by atoms with Gasteiger partial charge in [0, 0.05) is 75.5 Å². The molecule has 0 aliphatic carbocycles. The largest absolute Gasteiger partial charge is 0.492 e. The monoisotopic (exact) mass is 704 g/mol. The molecule has 1 amide bonds. The molecule has 14 nitrogen and oxygen atoms in total. The average Bonchev–Trinajstić information content (AvgIpc) is 3.41. The van der Waals surface area contributed by atoms with Crippen LogP contribution in [0.1, 0.15) is 58.5 Å².